The zero-order chi connectivity index (χ0) is 30.5. The lowest BCUT2D eigenvalue weighted by atomic mass is 10.0. The summed E-state index contributed by atoms with van der Waals surface area (Å²) in [6, 6.07) is 14.0. The Bertz CT molecular complexity index is 1610. The number of ether oxygens (including phenoxy) is 2. The number of carbonyl (C=O) groups excluding carboxylic acids is 1. The van der Waals surface area contributed by atoms with Gasteiger partial charge in [0.15, 0.2) is 11.8 Å². The highest BCUT2D eigenvalue weighted by Gasteiger charge is 2.25. The average molecular weight is 618 g/mol. The van der Waals surface area contributed by atoms with Crippen molar-refractivity contribution in [1.82, 2.24) is 25.2 Å². The van der Waals surface area contributed by atoms with E-state index in [-0.39, 0.29) is 24.4 Å². The van der Waals surface area contributed by atoms with Gasteiger partial charge in [-0.1, -0.05) is 23.9 Å². The van der Waals surface area contributed by atoms with Gasteiger partial charge in [0, 0.05) is 48.6 Å². The molecule has 4 aromatic rings. The molecule has 230 valence electrons. The van der Waals surface area contributed by atoms with Crippen molar-refractivity contribution in [2.45, 2.75) is 55.2 Å². The fourth-order valence-corrected chi connectivity index (χ4v) is 6.67. The molecule has 1 aliphatic heterocycles. The highest BCUT2D eigenvalue weighted by Crippen LogP contribution is 2.32. The number of carbonyl (C=O) groups is 1. The zero-order valence-electron chi connectivity index (χ0n) is 24.7. The fraction of sp³-hybridized carbons (Fsp3) is 0.394. The van der Waals surface area contributed by atoms with E-state index in [1.807, 2.05) is 24.3 Å². The Hall–Kier alpha value is -3.80. The summed E-state index contributed by atoms with van der Waals surface area (Å²) in [5.74, 6) is 1.39. The molecule has 1 fully saturated rings. The summed E-state index contributed by atoms with van der Waals surface area (Å²) in [6.45, 7) is 1.93. The third-order valence-corrected chi connectivity index (χ3v) is 9.14. The maximum absolute atomic E-state index is 13.2. The summed E-state index contributed by atoms with van der Waals surface area (Å²) in [4.78, 5) is 28.8. The second-order valence-corrected chi connectivity index (χ2v) is 12.2. The molecule has 44 heavy (non-hydrogen) atoms. The molecule has 3 heterocycles. The van der Waals surface area contributed by atoms with Crippen LogP contribution in [0.5, 0.6) is 11.6 Å². The summed E-state index contributed by atoms with van der Waals surface area (Å²) in [5, 5.41) is 15.7. The van der Waals surface area contributed by atoms with Gasteiger partial charge in [0.1, 0.15) is 11.6 Å². The predicted molar refractivity (Wildman–Crippen MR) is 166 cm³/mol. The van der Waals surface area contributed by atoms with Crippen molar-refractivity contribution in [2.75, 3.05) is 33.4 Å². The van der Waals surface area contributed by atoms with Crippen LogP contribution in [0.15, 0.2) is 59.9 Å². The van der Waals surface area contributed by atoms with E-state index in [4.69, 9.17) is 14.5 Å². The Labute approximate surface area is 260 Å². The number of nitrogens with zero attached hydrogens (tertiary/aromatic N) is 4. The van der Waals surface area contributed by atoms with Crippen LogP contribution in [0.4, 0.5) is 4.39 Å². The van der Waals surface area contributed by atoms with Crippen LogP contribution in [-0.2, 0) is 23.4 Å². The molecule has 11 heteroatoms. The van der Waals surface area contributed by atoms with Crippen molar-refractivity contribution in [3.63, 3.8) is 0 Å². The minimum Gasteiger partial charge on any atom is -0.497 e. The lowest BCUT2D eigenvalue weighted by Crippen LogP contribution is -2.46. The number of likely N-dealkylation sites (tertiary alicyclic amines) is 1. The Balaban J connectivity index is 0.988. The van der Waals surface area contributed by atoms with Crippen LogP contribution in [0.1, 0.15) is 47.8 Å². The first kappa shape index (κ1) is 30.2. The minimum absolute atomic E-state index is 0.0449. The molecule has 0 saturated carbocycles. The molecule has 1 saturated heterocycles. The molecule has 0 spiro atoms. The molecular weight excluding hydrogens is 581 g/mol. The Morgan fingerprint density at radius 3 is 2.75 bits per heavy atom. The molecule has 2 aromatic heterocycles. The molecule has 2 aliphatic rings. The third kappa shape index (κ3) is 7.28. The van der Waals surface area contributed by atoms with Gasteiger partial charge < -0.3 is 24.8 Å². The summed E-state index contributed by atoms with van der Waals surface area (Å²) >= 11 is 1.47. The van der Waals surface area contributed by atoms with Crippen LogP contribution < -0.4 is 14.8 Å². The number of methoxy groups -OCH3 is 1. The summed E-state index contributed by atoms with van der Waals surface area (Å²) in [6.07, 6.45) is 5.32. The molecule has 2 N–H and O–H groups in total. The van der Waals surface area contributed by atoms with Crippen LogP contribution in [0, 0.1) is 5.82 Å². The van der Waals surface area contributed by atoms with E-state index in [0.717, 1.165) is 84.2 Å². The van der Waals surface area contributed by atoms with Gasteiger partial charge in [0.25, 0.3) is 5.91 Å². The largest absolute Gasteiger partial charge is 0.497 e. The molecule has 1 atom stereocenters. The second-order valence-electron chi connectivity index (χ2n) is 11.2. The quantitative estimate of drug-likeness (QED) is 0.184. The number of aromatic nitrogens is 3. The van der Waals surface area contributed by atoms with E-state index in [2.05, 4.69) is 20.2 Å². The predicted octanol–water partition coefficient (Wildman–Crippen LogP) is 4.65. The van der Waals surface area contributed by atoms with Crippen LogP contribution in [-0.4, -0.2) is 70.3 Å². The number of benzene rings is 2. The smallest absolute Gasteiger partial charge is 0.258 e. The highest BCUT2D eigenvalue weighted by atomic mass is 32.2. The number of piperidine rings is 1. The standard InChI is InChI=1S/C33H36FN5O4S/c1-42-24-9-10-28-27(17-24)25(11-14-35-28)30(40)18-39-15-12-23(13-16-39)36-31(41)19-43-32-26-3-2-4-29(26)37-33(38-32)44-20-21-5-7-22(34)8-6-21/h5-11,14,17,23,30,40H,2-4,12-13,15-16,18-20H2,1H3,(H,36,41)/t30-/m0/s1. The number of rotatable bonds is 11. The molecule has 6 rings (SSSR count). The zero-order valence-corrected chi connectivity index (χ0v) is 25.5. The van der Waals surface area contributed by atoms with Crippen molar-refractivity contribution in [2.24, 2.45) is 0 Å². The second kappa shape index (κ2) is 13.9. The Morgan fingerprint density at radius 2 is 1.95 bits per heavy atom. The summed E-state index contributed by atoms with van der Waals surface area (Å²) in [5.41, 5.74) is 4.59. The number of fused-ring (bicyclic) bond motifs is 2. The summed E-state index contributed by atoms with van der Waals surface area (Å²) in [7, 11) is 1.62. The first-order chi connectivity index (χ1) is 21.4. The number of hydrogen-bond donors (Lipinski definition) is 2. The highest BCUT2D eigenvalue weighted by molar-refractivity contribution is 7.98. The number of halogens is 1. The number of aliphatic hydroxyl groups excluding tert-OH is 1. The van der Waals surface area contributed by atoms with Crippen LogP contribution >= 0.6 is 11.8 Å². The van der Waals surface area contributed by atoms with E-state index in [1.165, 1.54) is 23.9 Å². The SMILES string of the molecule is COc1ccc2nccc([C@@H](O)CN3CCC(NC(=O)COc4nc(SCc5ccc(F)cc5)nc5c4CCC5)CC3)c2c1. The number of aliphatic hydroxyl groups is 1. The number of pyridine rings is 1. The molecule has 1 aliphatic carbocycles. The van der Waals surface area contributed by atoms with Gasteiger partial charge in [-0.05, 0) is 79.6 Å². The van der Waals surface area contributed by atoms with Crippen LogP contribution in [0.2, 0.25) is 0 Å². The molecule has 1 amide bonds. The van der Waals surface area contributed by atoms with Crippen molar-refractivity contribution in [1.29, 1.82) is 0 Å². The summed E-state index contributed by atoms with van der Waals surface area (Å²) < 4.78 is 24.6. The Kier molecular flexibility index (Phi) is 9.54. The third-order valence-electron chi connectivity index (χ3n) is 8.22. The van der Waals surface area contributed by atoms with E-state index in [1.54, 1.807) is 25.4 Å². The number of β-amino-alcohol motifs (C(OH)–C–C–N with tert-alkyl or cyclic N) is 1. The van der Waals surface area contributed by atoms with Gasteiger partial charge in [-0.15, -0.1) is 0 Å². The number of thioether (sulfide) groups is 1. The van der Waals surface area contributed by atoms with Gasteiger partial charge in [0.05, 0.1) is 24.4 Å². The van der Waals surface area contributed by atoms with Gasteiger partial charge >= 0.3 is 0 Å². The lowest BCUT2D eigenvalue weighted by molar-refractivity contribution is -0.124. The van der Waals surface area contributed by atoms with Crippen molar-refractivity contribution in [3.8, 4) is 11.6 Å². The minimum atomic E-state index is -0.666. The number of nitrogens with one attached hydrogen (secondary N) is 1. The first-order valence-corrected chi connectivity index (χ1v) is 16.0. The maximum atomic E-state index is 13.2. The normalized spacial score (nSPS) is 16.1. The fourth-order valence-electron chi connectivity index (χ4n) is 5.86. The molecular formula is C33H36FN5O4S. The topological polar surface area (TPSA) is 110 Å². The monoisotopic (exact) mass is 617 g/mol. The van der Waals surface area contributed by atoms with Gasteiger partial charge in [-0.25, -0.2) is 9.37 Å². The number of hydrogen-bond acceptors (Lipinski definition) is 9. The van der Waals surface area contributed by atoms with Crippen molar-refractivity contribution in [3.05, 3.63) is 82.9 Å². The van der Waals surface area contributed by atoms with E-state index in [9.17, 15) is 14.3 Å². The van der Waals surface area contributed by atoms with Crippen LogP contribution in [0.3, 0.4) is 0 Å². The van der Waals surface area contributed by atoms with Crippen molar-refractivity contribution >= 4 is 28.6 Å². The van der Waals surface area contributed by atoms with Crippen molar-refractivity contribution < 1.29 is 23.8 Å². The maximum Gasteiger partial charge on any atom is 0.258 e. The molecule has 0 radical (unpaired) electrons. The Morgan fingerprint density at radius 1 is 1.14 bits per heavy atom. The lowest BCUT2D eigenvalue weighted by Gasteiger charge is -2.33. The van der Waals surface area contributed by atoms with E-state index < -0.39 is 6.10 Å². The van der Waals surface area contributed by atoms with Gasteiger partial charge in [-0.2, -0.15) is 4.98 Å². The number of amides is 1. The molecule has 0 bridgehead atoms. The first-order valence-electron chi connectivity index (χ1n) is 15.0. The molecule has 9 nitrogen and oxygen atoms in total. The van der Waals surface area contributed by atoms with Gasteiger partial charge in [-0.3, -0.25) is 9.78 Å². The van der Waals surface area contributed by atoms with Gasteiger partial charge in [0.2, 0.25) is 5.88 Å². The van der Waals surface area contributed by atoms with E-state index >= 15 is 0 Å². The van der Waals surface area contributed by atoms with Crippen LogP contribution in [0.25, 0.3) is 10.9 Å². The number of aryl methyl sites for hydroxylation is 1. The molecule has 0 unspecified atom stereocenters. The van der Waals surface area contributed by atoms with E-state index in [0.29, 0.717) is 23.3 Å². The average Bonchev–Trinajstić information content (AvgIpc) is 3.53. The molecule has 2 aromatic carbocycles.